The average Bonchev–Trinajstić information content (AvgIpc) is 2.56. The van der Waals surface area contributed by atoms with Gasteiger partial charge < -0.3 is 5.32 Å². The van der Waals surface area contributed by atoms with Crippen LogP contribution in [0.5, 0.6) is 0 Å². The number of carbonyl (C=O) groups is 2. The third kappa shape index (κ3) is 5.28. The number of carbonyl (C=O) groups excluding carboxylic acids is 2. The van der Waals surface area contributed by atoms with E-state index in [1.54, 1.807) is 0 Å². The number of amides is 1. The molecule has 0 spiro atoms. The Balaban J connectivity index is 0.00000134. The highest BCUT2D eigenvalue weighted by Gasteiger charge is 2.72. The van der Waals surface area contributed by atoms with Gasteiger partial charge in [-0.25, -0.2) is 0 Å². The summed E-state index contributed by atoms with van der Waals surface area (Å²) in [6.45, 7) is 20.6. The largest absolute Gasteiger partial charge is 0.321 e. The molecule has 25 heavy (non-hydrogen) atoms. The lowest BCUT2D eigenvalue weighted by atomic mass is 9.82. The minimum absolute atomic E-state index is 0.200. The maximum absolute atomic E-state index is 12.5. The molecule has 1 N–H and O–H groups in total. The molecule has 2 saturated heterocycles. The molecular weight excluding hydrogens is 329 g/mol. The Morgan fingerprint density at radius 1 is 1.20 bits per heavy atom. The lowest BCUT2D eigenvalue weighted by molar-refractivity contribution is -0.130. The molecule has 4 atom stereocenters. The van der Waals surface area contributed by atoms with Crippen molar-refractivity contribution in [2.75, 3.05) is 6.16 Å². The predicted octanol–water partition coefficient (Wildman–Crippen LogP) is 5.54. The molecule has 4 unspecified atom stereocenters. The van der Waals surface area contributed by atoms with Crippen LogP contribution in [0.1, 0.15) is 88.5 Å². The Morgan fingerprint density at radius 3 is 2.08 bits per heavy atom. The molecule has 2 heterocycles. The van der Waals surface area contributed by atoms with Crippen molar-refractivity contribution in [3.63, 3.8) is 0 Å². The van der Waals surface area contributed by atoms with Gasteiger partial charge in [-0.1, -0.05) is 62.3 Å². The lowest BCUT2D eigenvalue weighted by Crippen LogP contribution is -2.65. The van der Waals surface area contributed by atoms with Gasteiger partial charge in [-0.05, 0) is 19.3 Å². The minimum atomic E-state index is -0.566. The number of ketones is 1. The second-order valence-electron chi connectivity index (χ2n) is 8.23. The first-order chi connectivity index (χ1) is 11.6. The van der Waals surface area contributed by atoms with Gasteiger partial charge in [0, 0.05) is 26.2 Å². The first kappa shape index (κ1) is 24.6. The van der Waals surface area contributed by atoms with E-state index in [4.69, 9.17) is 0 Å². The van der Waals surface area contributed by atoms with E-state index >= 15 is 0 Å². The van der Waals surface area contributed by atoms with Crippen molar-refractivity contribution in [2.45, 2.75) is 99.4 Å². The first-order valence-electron chi connectivity index (χ1n) is 10.3. The van der Waals surface area contributed by atoms with E-state index in [9.17, 15) is 9.59 Å². The van der Waals surface area contributed by atoms with Gasteiger partial charge in [-0.2, -0.15) is 0 Å². The number of hydrogen-bond donors (Lipinski definition) is 1. The quantitative estimate of drug-likeness (QED) is 0.622. The molecule has 0 aromatic carbocycles. The van der Waals surface area contributed by atoms with Crippen LogP contribution >= 0.6 is 7.92 Å². The molecule has 0 aromatic rings. The summed E-state index contributed by atoms with van der Waals surface area (Å²) in [4.78, 5) is 24.4. The van der Waals surface area contributed by atoms with Crippen molar-refractivity contribution < 1.29 is 9.59 Å². The van der Waals surface area contributed by atoms with Gasteiger partial charge in [-0.3, -0.25) is 9.59 Å². The highest BCUT2D eigenvalue weighted by molar-refractivity contribution is 7.63. The van der Waals surface area contributed by atoms with Gasteiger partial charge in [0.1, 0.15) is 11.6 Å². The molecule has 3 nitrogen and oxygen atoms in total. The van der Waals surface area contributed by atoms with Crippen molar-refractivity contribution in [1.29, 1.82) is 0 Å². The van der Waals surface area contributed by atoms with E-state index in [1.807, 2.05) is 48.5 Å². The zero-order chi connectivity index (χ0) is 20.0. The summed E-state index contributed by atoms with van der Waals surface area (Å²) in [7, 11) is -0.566. The normalized spacial score (nSPS) is 29.6. The molecule has 0 bridgehead atoms. The second-order valence-corrected chi connectivity index (χ2v) is 11.5. The van der Waals surface area contributed by atoms with E-state index in [1.165, 1.54) is 0 Å². The summed E-state index contributed by atoms with van der Waals surface area (Å²) < 4.78 is 0. The van der Waals surface area contributed by atoms with Gasteiger partial charge in [0.05, 0.1) is 17.2 Å². The van der Waals surface area contributed by atoms with Gasteiger partial charge in [-0.15, -0.1) is 0 Å². The summed E-state index contributed by atoms with van der Waals surface area (Å²) in [5.74, 6) is 1.83. The highest BCUT2D eigenvalue weighted by atomic mass is 31.1. The van der Waals surface area contributed by atoms with Crippen molar-refractivity contribution in [1.82, 2.24) is 5.32 Å². The van der Waals surface area contributed by atoms with Crippen LogP contribution in [0.3, 0.4) is 0 Å². The Kier molecular flexibility index (Phi) is 9.87. The van der Waals surface area contributed by atoms with Crippen LogP contribution in [0.4, 0.5) is 0 Å². The summed E-state index contributed by atoms with van der Waals surface area (Å²) >= 11 is 0. The Bertz CT molecular complexity index is 447. The molecule has 2 fully saturated rings. The third-order valence-electron chi connectivity index (χ3n) is 5.55. The van der Waals surface area contributed by atoms with Crippen molar-refractivity contribution in [3.05, 3.63) is 0 Å². The van der Waals surface area contributed by atoms with Crippen molar-refractivity contribution >= 4 is 19.6 Å². The molecule has 0 aliphatic carbocycles. The van der Waals surface area contributed by atoms with E-state index < -0.39 is 7.92 Å². The van der Waals surface area contributed by atoms with E-state index in [-0.39, 0.29) is 22.4 Å². The fourth-order valence-electron chi connectivity index (χ4n) is 4.32. The zero-order valence-corrected chi connectivity index (χ0v) is 19.4. The standard InChI is InChI=1S/C17H30NO2P.2C2H6/c1-7-13(19)12-10-21-14(9-17(12,21)6)18-15(20)16(4,5)8-11(2)3;2*1-2/h11-12,14H,7-10H2,1-6H3,(H,18,20);2*1-2H3/p+1. The second kappa shape index (κ2) is 10.0. The molecule has 2 aliphatic rings. The zero-order valence-electron chi connectivity index (χ0n) is 18.4. The maximum atomic E-state index is 12.5. The molecule has 0 aromatic heterocycles. The van der Waals surface area contributed by atoms with E-state index in [0.717, 1.165) is 19.0 Å². The first-order valence-corrected chi connectivity index (χ1v) is 12.1. The van der Waals surface area contributed by atoms with Crippen molar-refractivity contribution in [3.8, 4) is 0 Å². The van der Waals surface area contributed by atoms with Crippen molar-refractivity contribution in [2.24, 2.45) is 17.3 Å². The Hall–Kier alpha value is -0.430. The topological polar surface area (TPSA) is 46.2 Å². The van der Waals surface area contributed by atoms with Gasteiger partial charge in [0.25, 0.3) is 0 Å². The van der Waals surface area contributed by atoms with E-state index in [2.05, 4.69) is 26.1 Å². The fourth-order valence-corrected chi connectivity index (χ4v) is 8.41. The predicted molar refractivity (Wildman–Crippen MR) is 113 cm³/mol. The van der Waals surface area contributed by atoms with Crippen LogP contribution in [-0.2, 0) is 9.59 Å². The SMILES string of the molecule is CC.CC.CCC(=O)C1C[PH+]2C(NC(=O)C(C)(C)CC(C)C)CC12C. The molecule has 0 radical (unpaired) electrons. The van der Waals surface area contributed by atoms with Crippen LogP contribution in [0.25, 0.3) is 0 Å². The van der Waals surface area contributed by atoms with Gasteiger partial charge >= 0.3 is 0 Å². The third-order valence-corrected chi connectivity index (χ3v) is 9.61. The molecule has 4 heteroatoms. The fraction of sp³-hybridized carbons (Fsp3) is 0.905. The summed E-state index contributed by atoms with van der Waals surface area (Å²) in [5, 5.41) is 3.55. The highest BCUT2D eigenvalue weighted by Crippen LogP contribution is 2.78. The summed E-state index contributed by atoms with van der Waals surface area (Å²) in [5.41, 5.74) is -0.287. The van der Waals surface area contributed by atoms with Gasteiger partial charge in [0.15, 0.2) is 0 Å². The molecule has 1 amide bonds. The molecule has 2 aliphatic heterocycles. The average molecular weight is 373 g/mol. The van der Waals surface area contributed by atoms with E-state index in [0.29, 0.717) is 23.9 Å². The number of rotatable bonds is 6. The minimum Gasteiger partial charge on any atom is -0.321 e. The molecule has 0 saturated carbocycles. The lowest BCUT2D eigenvalue weighted by Gasteiger charge is -2.58. The summed E-state index contributed by atoms with van der Waals surface area (Å²) in [6.07, 6.45) is 3.67. The molecule has 2 rings (SSSR count). The van der Waals surface area contributed by atoms with Crippen LogP contribution in [-0.4, -0.2) is 28.8 Å². The maximum Gasteiger partial charge on any atom is 0.228 e. The van der Waals surface area contributed by atoms with Crippen LogP contribution in [0.2, 0.25) is 0 Å². The molecule has 148 valence electrons. The summed E-state index contributed by atoms with van der Waals surface area (Å²) in [6, 6.07) is 0. The van der Waals surface area contributed by atoms with Crippen LogP contribution in [0.15, 0.2) is 0 Å². The molecular formula is C21H43NO2P+. The monoisotopic (exact) mass is 372 g/mol. The smallest absolute Gasteiger partial charge is 0.228 e. The number of fused-ring (bicyclic) bond motifs is 1. The number of hydrogen-bond acceptors (Lipinski definition) is 2. The Morgan fingerprint density at radius 2 is 1.72 bits per heavy atom. The van der Waals surface area contributed by atoms with Crippen LogP contribution in [0, 0.1) is 17.3 Å². The number of Topliss-reactive ketones (excluding diaryl/α,β-unsaturated/α-hetero) is 1. The van der Waals surface area contributed by atoms with Crippen LogP contribution < -0.4 is 5.32 Å². The Labute approximate surface area is 157 Å². The number of nitrogens with one attached hydrogen (secondary N) is 1. The van der Waals surface area contributed by atoms with Gasteiger partial charge in [0.2, 0.25) is 5.91 Å².